The highest BCUT2D eigenvalue weighted by molar-refractivity contribution is 7.92. The molecule has 0 atom stereocenters. The second-order valence-electron chi connectivity index (χ2n) is 8.07. The third-order valence-corrected chi connectivity index (χ3v) is 6.63. The Kier molecular flexibility index (Phi) is 6.71. The van der Waals surface area contributed by atoms with Crippen molar-refractivity contribution in [2.24, 2.45) is 0 Å². The van der Waals surface area contributed by atoms with Crippen molar-refractivity contribution in [3.8, 4) is 0 Å². The van der Waals surface area contributed by atoms with Gasteiger partial charge >= 0.3 is 6.18 Å². The molecule has 0 saturated carbocycles. The summed E-state index contributed by atoms with van der Waals surface area (Å²) in [5.74, 6) is -0.564. The van der Waals surface area contributed by atoms with Gasteiger partial charge in [0, 0.05) is 49.3 Å². The van der Waals surface area contributed by atoms with Crippen LogP contribution in [0.5, 0.6) is 0 Å². The Hall–Kier alpha value is -3.94. The van der Waals surface area contributed by atoms with Crippen LogP contribution < -0.4 is 20.3 Å². The molecule has 36 heavy (non-hydrogen) atoms. The number of hydrogen-bond donors (Lipinski definition) is 3. The molecule has 14 heteroatoms. The summed E-state index contributed by atoms with van der Waals surface area (Å²) in [4.78, 5) is 23.4. The largest absolute Gasteiger partial charge is 0.421 e. The lowest BCUT2D eigenvalue weighted by Gasteiger charge is -2.20. The molecule has 0 aliphatic carbocycles. The molecule has 2 aromatic heterocycles. The van der Waals surface area contributed by atoms with Gasteiger partial charge < -0.3 is 16.0 Å². The minimum Gasteiger partial charge on any atom is -0.365 e. The molecule has 0 spiro atoms. The first-order valence-corrected chi connectivity index (χ1v) is 12.5. The van der Waals surface area contributed by atoms with Crippen LogP contribution in [-0.4, -0.2) is 42.6 Å². The topological polar surface area (TPSA) is 129 Å². The number of nitrogens with one attached hydrogen (secondary N) is 3. The molecular formula is C22H22F3N7O3S. The number of anilines is 5. The zero-order chi connectivity index (χ0) is 26.1. The lowest BCUT2D eigenvalue weighted by molar-refractivity contribution is -0.137. The van der Waals surface area contributed by atoms with Crippen molar-refractivity contribution in [3.63, 3.8) is 0 Å². The Labute approximate surface area is 205 Å². The third-order valence-electron chi connectivity index (χ3n) is 5.46. The van der Waals surface area contributed by atoms with E-state index in [0.717, 1.165) is 16.1 Å². The molecule has 0 bridgehead atoms. The number of pyridine rings is 1. The molecule has 3 N–H and O–H groups in total. The van der Waals surface area contributed by atoms with Crippen molar-refractivity contribution in [1.82, 2.24) is 15.0 Å². The number of sulfonamides is 1. The number of carbonyl (C=O) groups is 1. The number of hydrogen-bond acceptors (Lipinski definition) is 8. The number of amides is 1. The number of aromatic nitrogens is 3. The fourth-order valence-corrected chi connectivity index (χ4v) is 4.04. The number of carbonyl (C=O) groups excluding carboxylic acids is 1. The molecule has 1 aliphatic heterocycles. The molecule has 0 unspecified atom stereocenters. The minimum atomic E-state index is -4.73. The molecule has 3 aromatic rings. The van der Waals surface area contributed by atoms with E-state index in [1.54, 1.807) is 30.3 Å². The van der Waals surface area contributed by atoms with Gasteiger partial charge in [-0.1, -0.05) is 6.07 Å². The van der Waals surface area contributed by atoms with Crippen molar-refractivity contribution in [2.75, 3.05) is 33.6 Å². The molecule has 1 aliphatic rings. The van der Waals surface area contributed by atoms with Crippen LogP contribution in [0.25, 0.3) is 0 Å². The number of halogens is 3. The van der Waals surface area contributed by atoms with Crippen LogP contribution in [0.15, 0.2) is 42.7 Å². The minimum absolute atomic E-state index is 0.0783. The van der Waals surface area contributed by atoms with E-state index in [2.05, 4.69) is 30.9 Å². The molecular weight excluding hydrogens is 499 g/mol. The summed E-state index contributed by atoms with van der Waals surface area (Å²) in [7, 11) is -2.33. The van der Waals surface area contributed by atoms with Gasteiger partial charge in [-0.2, -0.15) is 18.2 Å². The molecule has 1 amide bonds. The van der Waals surface area contributed by atoms with Gasteiger partial charge in [0.05, 0.1) is 6.26 Å². The van der Waals surface area contributed by atoms with Crippen molar-refractivity contribution < 1.29 is 26.4 Å². The first kappa shape index (κ1) is 25.2. The second-order valence-corrected chi connectivity index (χ2v) is 10.1. The normalized spacial score (nSPS) is 13.5. The lowest BCUT2D eigenvalue weighted by atomic mass is 10.0. The quantitative estimate of drug-likeness (QED) is 0.431. The predicted molar refractivity (Wildman–Crippen MR) is 129 cm³/mol. The first-order chi connectivity index (χ1) is 16.9. The van der Waals surface area contributed by atoms with Gasteiger partial charge in [0.1, 0.15) is 17.2 Å². The van der Waals surface area contributed by atoms with Crippen LogP contribution in [0.3, 0.4) is 0 Å². The highest BCUT2D eigenvalue weighted by Crippen LogP contribution is 2.35. The van der Waals surface area contributed by atoms with Crippen molar-refractivity contribution >= 4 is 44.9 Å². The summed E-state index contributed by atoms with van der Waals surface area (Å²) in [6.45, 7) is -0.179. The Morgan fingerprint density at radius 2 is 1.94 bits per heavy atom. The summed E-state index contributed by atoms with van der Waals surface area (Å²) >= 11 is 0. The lowest BCUT2D eigenvalue weighted by Crippen LogP contribution is -2.27. The number of benzene rings is 1. The molecule has 1 aromatic carbocycles. The summed E-state index contributed by atoms with van der Waals surface area (Å²) in [5, 5.41) is 8.29. The maximum atomic E-state index is 13.6. The Morgan fingerprint density at radius 3 is 2.67 bits per heavy atom. The number of nitrogens with zero attached hydrogens (tertiary/aromatic N) is 4. The van der Waals surface area contributed by atoms with Gasteiger partial charge in [-0.05, 0) is 36.2 Å². The molecule has 4 rings (SSSR count). The number of fused-ring (bicyclic) bond motifs is 1. The van der Waals surface area contributed by atoms with Crippen LogP contribution >= 0.6 is 0 Å². The predicted octanol–water partition coefficient (Wildman–Crippen LogP) is 3.53. The molecule has 0 radical (unpaired) electrons. The van der Waals surface area contributed by atoms with Crippen LogP contribution in [0.4, 0.5) is 42.1 Å². The van der Waals surface area contributed by atoms with Gasteiger partial charge in [0.25, 0.3) is 0 Å². The monoisotopic (exact) mass is 521 g/mol. The van der Waals surface area contributed by atoms with Crippen molar-refractivity contribution in [2.45, 2.75) is 25.6 Å². The van der Waals surface area contributed by atoms with Crippen LogP contribution in [0.2, 0.25) is 0 Å². The first-order valence-electron chi connectivity index (χ1n) is 10.7. The maximum Gasteiger partial charge on any atom is 0.421 e. The summed E-state index contributed by atoms with van der Waals surface area (Å²) < 4.78 is 65.7. The molecule has 3 heterocycles. The zero-order valence-corrected chi connectivity index (χ0v) is 20.0. The molecule has 0 saturated heterocycles. The summed E-state index contributed by atoms with van der Waals surface area (Å²) in [6, 6.07) is 8.22. The van der Waals surface area contributed by atoms with Gasteiger partial charge in [-0.3, -0.25) is 9.10 Å². The third kappa shape index (κ3) is 5.64. The van der Waals surface area contributed by atoms with E-state index in [0.29, 0.717) is 36.0 Å². The average Bonchev–Trinajstić information content (AvgIpc) is 2.81. The zero-order valence-electron chi connectivity index (χ0n) is 19.2. The maximum absolute atomic E-state index is 13.6. The van der Waals surface area contributed by atoms with Gasteiger partial charge in [-0.15, -0.1) is 0 Å². The summed E-state index contributed by atoms with van der Waals surface area (Å²) in [5.41, 5.74) is 1.37. The van der Waals surface area contributed by atoms with E-state index >= 15 is 0 Å². The van der Waals surface area contributed by atoms with E-state index < -0.39 is 27.6 Å². The average molecular weight is 522 g/mol. The van der Waals surface area contributed by atoms with Crippen molar-refractivity contribution in [3.05, 3.63) is 59.4 Å². The Balaban J connectivity index is 1.60. The Bertz CT molecular complexity index is 1410. The second kappa shape index (κ2) is 9.60. The fraction of sp³-hybridized carbons (Fsp3) is 0.273. The fourth-order valence-electron chi connectivity index (χ4n) is 3.56. The number of rotatable bonds is 7. The number of aryl methyl sites for hydroxylation is 1. The standard InChI is InChI=1S/C22H22F3N7O3S/c1-32(36(2,34)35)20-14(4-3-9-26-20)11-27-19-16(22(23,24)25)12-28-21(31-19)29-15-6-7-17-13(10-15)5-8-18(33)30-17/h3-4,6-7,9-10,12H,5,8,11H2,1-2H3,(H,30,33)(H2,27,28,29,31). The SMILES string of the molecule is CN(c1ncccc1CNc1nc(Nc2ccc3c(c2)CCC(=O)N3)ncc1C(F)(F)F)S(C)(=O)=O. The van der Waals surface area contributed by atoms with Crippen LogP contribution in [0, 0.1) is 0 Å². The highest BCUT2D eigenvalue weighted by Gasteiger charge is 2.35. The smallest absolute Gasteiger partial charge is 0.365 e. The summed E-state index contributed by atoms with van der Waals surface area (Å²) in [6.07, 6.45) is -0.801. The van der Waals surface area contributed by atoms with Crippen molar-refractivity contribution in [1.29, 1.82) is 0 Å². The van der Waals surface area contributed by atoms with E-state index in [1.807, 2.05) is 0 Å². The molecule has 0 fully saturated rings. The van der Waals surface area contributed by atoms with Gasteiger partial charge in [0.2, 0.25) is 21.9 Å². The van der Waals surface area contributed by atoms with E-state index in [1.165, 1.54) is 13.2 Å². The highest BCUT2D eigenvalue weighted by atomic mass is 32.2. The van der Waals surface area contributed by atoms with Gasteiger partial charge in [0.15, 0.2) is 0 Å². The number of alkyl halides is 3. The van der Waals surface area contributed by atoms with E-state index in [9.17, 15) is 26.4 Å². The Morgan fingerprint density at radius 1 is 1.17 bits per heavy atom. The van der Waals surface area contributed by atoms with Crippen LogP contribution in [0.1, 0.15) is 23.1 Å². The molecule has 190 valence electrons. The van der Waals surface area contributed by atoms with E-state index in [-0.39, 0.29) is 24.2 Å². The van der Waals surface area contributed by atoms with Crippen LogP contribution in [-0.2, 0) is 34.0 Å². The molecule has 10 nitrogen and oxygen atoms in total. The van der Waals surface area contributed by atoms with Gasteiger partial charge in [-0.25, -0.2) is 18.4 Å². The van der Waals surface area contributed by atoms with E-state index in [4.69, 9.17) is 0 Å².